The predicted octanol–water partition coefficient (Wildman–Crippen LogP) is 0.647. The quantitative estimate of drug-likeness (QED) is 0.394. The van der Waals surface area contributed by atoms with Crippen molar-refractivity contribution in [3.05, 3.63) is 29.8 Å². The van der Waals surface area contributed by atoms with Gasteiger partial charge >= 0.3 is 0 Å². The molecule has 0 spiro atoms. The molecule has 60 valence electrons. The van der Waals surface area contributed by atoms with Gasteiger partial charge in [-0.3, -0.25) is 5.84 Å². The molecule has 0 bridgehead atoms. The zero-order chi connectivity index (χ0) is 8.27. The van der Waals surface area contributed by atoms with Crippen LogP contribution in [0, 0.1) is 11.6 Å². The van der Waals surface area contributed by atoms with Gasteiger partial charge in [0.1, 0.15) is 11.6 Å². The Labute approximate surface area is 64.6 Å². The van der Waals surface area contributed by atoms with E-state index in [2.05, 4.69) is 5.20 Å². The van der Waals surface area contributed by atoms with Gasteiger partial charge < -0.3 is 0 Å². The first-order valence-corrected chi connectivity index (χ1v) is 3.90. The summed E-state index contributed by atoms with van der Waals surface area (Å²) in [5, 5.41) is 2.53. The van der Waals surface area contributed by atoms with E-state index < -0.39 is 11.6 Å². The first-order valence-electron chi connectivity index (χ1n) is 2.90. The molecule has 1 atom stereocenters. The molecule has 0 aliphatic heterocycles. The summed E-state index contributed by atoms with van der Waals surface area (Å²) in [5.41, 5.74) is 0. The van der Waals surface area contributed by atoms with Crippen molar-refractivity contribution in [3.63, 3.8) is 0 Å². The van der Waals surface area contributed by atoms with Gasteiger partial charge in [0.05, 0.1) is 0 Å². The Kier molecular flexibility index (Phi) is 2.88. The highest BCUT2D eigenvalue weighted by Gasteiger charge is 2.01. The molecule has 0 aliphatic rings. The van der Waals surface area contributed by atoms with Crippen molar-refractivity contribution in [1.82, 2.24) is 5.20 Å². The molecular weight excluding hydrogens is 169 g/mol. The lowest BCUT2D eigenvalue weighted by molar-refractivity contribution is 0.607. The Morgan fingerprint density at radius 3 is 2.73 bits per heavy atom. The molecule has 2 nitrogen and oxygen atoms in total. The van der Waals surface area contributed by atoms with Crippen molar-refractivity contribution in [3.8, 4) is 0 Å². The standard InChI is InChI=1S/C6H7F2N2P/c7-4-1-2-5(8)6(3-4)11-10-9/h1-3,10-11H,9H2. The summed E-state index contributed by atoms with van der Waals surface area (Å²) < 4.78 is 25.1. The van der Waals surface area contributed by atoms with Gasteiger partial charge in [-0.1, -0.05) is 0 Å². The van der Waals surface area contributed by atoms with Crippen molar-refractivity contribution in [2.75, 3.05) is 0 Å². The van der Waals surface area contributed by atoms with Gasteiger partial charge in [-0.2, -0.15) is 0 Å². The van der Waals surface area contributed by atoms with Crippen LogP contribution in [0.25, 0.3) is 0 Å². The zero-order valence-electron chi connectivity index (χ0n) is 5.57. The van der Waals surface area contributed by atoms with Crippen molar-refractivity contribution in [2.24, 2.45) is 5.84 Å². The molecule has 0 aromatic heterocycles. The summed E-state index contributed by atoms with van der Waals surface area (Å²) in [6.45, 7) is 0. The molecule has 11 heavy (non-hydrogen) atoms. The minimum Gasteiger partial charge on any atom is -0.268 e. The van der Waals surface area contributed by atoms with E-state index >= 15 is 0 Å². The highest BCUT2D eigenvalue weighted by atomic mass is 31.1. The van der Waals surface area contributed by atoms with Gasteiger partial charge in [0.2, 0.25) is 0 Å². The lowest BCUT2D eigenvalue weighted by Crippen LogP contribution is -2.16. The summed E-state index contributed by atoms with van der Waals surface area (Å²) in [4.78, 5) is 0. The third-order valence-electron chi connectivity index (χ3n) is 1.14. The second-order valence-corrected chi connectivity index (χ2v) is 2.97. The Morgan fingerprint density at radius 2 is 2.09 bits per heavy atom. The van der Waals surface area contributed by atoms with Crippen LogP contribution in [-0.4, -0.2) is 0 Å². The Bertz CT molecular complexity index is 254. The molecular formula is C6H7F2N2P. The van der Waals surface area contributed by atoms with Crippen LogP contribution in [0.1, 0.15) is 0 Å². The molecule has 0 heterocycles. The van der Waals surface area contributed by atoms with Crippen molar-refractivity contribution < 1.29 is 8.78 Å². The van der Waals surface area contributed by atoms with Crippen LogP contribution in [0.15, 0.2) is 18.2 Å². The molecule has 0 saturated heterocycles. The van der Waals surface area contributed by atoms with Crippen LogP contribution in [-0.2, 0) is 0 Å². The molecule has 1 rings (SSSR count). The van der Waals surface area contributed by atoms with Gasteiger partial charge in [0.15, 0.2) is 0 Å². The second-order valence-electron chi connectivity index (χ2n) is 1.89. The van der Waals surface area contributed by atoms with E-state index in [1.165, 1.54) is 0 Å². The molecule has 1 aromatic carbocycles. The average molecular weight is 176 g/mol. The van der Waals surface area contributed by atoms with Crippen LogP contribution >= 0.6 is 8.73 Å². The molecule has 0 saturated carbocycles. The second kappa shape index (κ2) is 3.72. The molecule has 0 amide bonds. The summed E-state index contributed by atoms with van der Waals surface area (Å²) in [6.07, 6.45) is 0. The maximum atomic E-state index is 12.7. The van der Waals surface area contributed by atoms with Gasteiger partial charge in [-0.25, -0.2) is 14.0 Å². The van der Waals surface area contributed by atoms with E-state index in [0.717, 1.165) is 18.2 Å². The fourth-order valence-corrected chi connectivity index (χ4v) is 1.24. The number of nitrogens with one attached hydrogen (secondary N) is 1. The highest BCUT2D eigenvalue weighted by molar-refractivity contribution is 7.44. The number of hydrazine groups is 1. The van der Waals surface area contributed by atoms with E-state index in [4.69, 9.17) is 5.84 Å². The minimum absolute atomic E-state index is 0.105. The largest absolute Gasteiger partial charge is 0.268 e. The van der Waals surface area contributed by atoms with Crippen LogP contribution in [0.4, 0.5) is 8.78 Å². The van der Waals surface area contributed by atoms with E-state index in [1.54, 1.807) is 0 Å². The lowest BCUT2D eigenvalue weighted by Gasteiger charge is -2.00. The number of benzene rings is 1. The molecule has 0 aliphatic carbocycles. The lowest BCUT2D eigenvalue weighted by atomic mass is 10.3. The van der Waals surface area contributed by atoms with E-state index in [-0.39, 0.29) is 14.0 Å². The molecule has 3 N–H and O–H groups in total. The number of halogens is 2. The van der Waals surface area contributed by atoms with Gasteiger partial charge in [-0.05, 0) is 26.9 Å². The van der Waals surface area contributed by atoms with Crippen molar-refractivity contribution in [2.45, 2.75) is 0 Å². The van der Waals surface area contributed by atoms with Crippen LogP contribution < -0.4 is 16.3 Å². The molecule has 1 aromatic rings. The van der Waals surface area contributed by atoms with Gasteiger partial charge in [0, 0.05) is 5.30 Å². The average Bonchev–Trinajstić information content (AvgIpc) is 1.98. The summed E-state index contributed by atoms with van der Waals surface area (Å²) in [7, 11) is -0.105. The van der Waals surface area contributed by atoms with E-state index in [1.807, 2.05) is 0 Å². The third-order valence-corrected chi connectivity index (χ3v) is 1.93. The molecule has 1 unspecified atom stereocenters. The fourth-order valence-electron chi connectivity index (χ4n) is 0.671. The number of hydrogen-bond donors (Lipinski definition) is 2. The highest BCUT2D eigenvalue weighted by Crippen LogP contribution is 2.08. The van der Waals surface area contributed by atoms with Crippen LogP contribution in [0.2, 0.25) is 0 Å². The van der Waals surface area contributed by atoms with E-state index in [9.17, 15) is 8.78 Å². The Hall–Kier alpha value is -0.570. The Morgan fingerprint density at radius 1 is 1.36 bits per heavy atom. The number of rotatable bonds is 2. The van der Waals surface area contributed by atoms with Crippen LogP contribution in [0.5, 0.6) is 0 Å². The Balaban J connectivity index is 2.93. The van der Waals surface area contributed by atoms with Crippen molar-refractivity contribution in [1.29, 1.82) is 0 Å². The van der Waals surface area contributed by atoms with Gasteiger partial charge in [0.25, 0.3) is 0 Å². The van der Waals surface area contributed by atoms with Gasteiger partial charge in [-0.15, -0.1) is 0 Å². The van der Waals surface area contributed by atoms with Crippen LogP contribution in [0.3, 0.4) is 0 Å². The van der Waals surface area contributed by atoms with E-state index in [0.29, 0.717) is 0 Å². The molecule has 0 radical (unpaired) electrons. The first kappa shape index (κ1) is 8.53. The third kappa shape index (κ3) is 2.19. The number of nitrogens with two attached hydrogens (primary N) is 1. The topological polar surface area (TPSA) is 38.0 Å². The SMILES string of the molecule is NNPc1cc(F)ccc1F. The fraction of sp³-hybridized carbons (Fsp3) is 0. The predicted molar refractivity (Wildman–Crippen MR) is 41.6 cm³/mol. The molecule has 5 heteroatoms. The molecule has 0 fully saturated rings. The number of hydrogen-bond acceptors (Lipinski definition) is 2. The maximum absolute atomic E-state index is 12.7. The summed E-state index contributed by atoms with van der Waals surface area (Å²) in [5.74, 6) is 4.06. The summed E-state index contributed by atoms with van der Waals surface area (Å²) >= 11 is 0. The maximum Gasteiger partial charge on any atom is 0.132 e. The zero-order valence-corrected chi connectivity index (χ0v) is 6.57. The monoisotopic (exact) mass is 176 g/mol. The van der Waals surface area contributed by atoms with Crippen molar-refractivity contribution >= 4 is 14.0 Å². The smallest absolute Gasteiger partial charge is 0.132 e. The minimum atomic E-state index is -0.454. The normalized spacial score (nSPS) is 11.2. The summed E-state index contributed by atoms with van der Waals surface area (Å²) in [6, 6.07) is 3.27. The first-order chi connectivity index (χ1) is 5.24.